The molecule has 1 aliphatic rings. The fraction of sp³-hybridized carbons (Fsp3) is 0.583. The van der Waals surface area contributed by atoms with Crippen LogP contribution in [0.4, 0.5) is 0 Å². The van der Waals surface area contributed by atoms with Crippen molar-refractivity contribution >= 4 is 0 Å². The monoisotopic (exact) mass is 247 g/mol. The number of rotatable bonds is 2. The van der Waals surface area contributed by atoms with E-state index in [1.54, 1.807) is 12.4 Å². The van der Waals surface area contributed by atoms with Crippen LogP contribution in [-0.4, -0.2) is 20.1 Å². The molecule has 3 N–H and O–H groups in total. The van der Waals surface area contributed by atoms with Crippen LogP contribution in [0.2, 0.25) is 0 Å². The summed E-state index contributed by atoms with van der Waals surface area (Å²) in [6, 6.07) is 0. The molecule has 0 unspecified atom stereocenters. The minimum absolute atomic E-state index is 0.464. The summed E-state index contributed by atoms with van der Waals surface area (Å²) in [4.78, 5) is 11.5. The lowest BCUT2D eigenvalue weighted by molar-refractivity contribution is 0.257. The molecule has 18 heavy (non-hydrogen) atoms. The van der Waals surface area contributed by atoms with Gasteiger partial charge in [0.05, 0.1) is 5.54 Å². The highest BCUT2D eigenvalue weighted by molar-refractivity contribution is 5.41. The van der Waals surface area contributed by atoms with E-state index in [1.807, 2.05) is 0 Å². The Morgan fingerprint density at radius 3 is 2.67 bits per heavy atom. The van der Waals surface area contributed by atoms with E-state index in [9.17, 15) is 0 Å². The SMILES string of the molecule is NC1(c2nc(-c3ncc[nH]3)no2)CCCCCC1. The second kappa shape index (κ2) is 4.53. The molecular weight excluding hydrogens is 230 g/mol. The zero-order valence-corrected chi connectivity index (χ0v) is 10.2. The molecule has 96 valence electrons. The number of nitrogens with zero attached hydrogens (tertiary/aromatic N) is 3. The number of nitrogens with two attached hydrogens (primary N) is 1. The maximum absolute atomic E-state index is 6.42. The van der Waals surface area contributed by atoms with Crippen LogP contribution in [0.1, 0.15) is 44.4 Å². The summed E-state index contributed by atoms with van der Waals surface area (Å²) >= 11 is 0. The van der Waals surface area contributed by atoms with Gasteiger partial charge in [-0.15, -0.1) is 0 Å². The highest BCUT2D eigenvalue weighted by Crippen LogP contribution is 2.33. The Hall–Kier alpha value is -1.69. The fourth-order valence-electron chi connectivity index (χ4n) is 2.48. The lowest BCUT2D eigenvalue weighted by atomic mass is 9.91. The van der Waals surface area contributed by atoms with Crippen LogP contribution in [0.25, 0.3) is 11.6 Å². The molecule has 0 saturated heterocycles. The zero-order chi connectivity index (χ0) is 12.4. The van der Waals surface area contributed by atoms with Crippen molar-refractivity contribution in [2.75, 3.05) is 0 Å². The Kier molecular flexibility index (Phi) is 2.87. The third-order valence-electron chi connectivity index (χ3n) is 3.56. The fourth-order valence-corrected chi connectivity index (χ4v) is 2.48. The van der Waals surface area contributed by atoms with Crippen molar-refractivity contribution < 1.29 is 4.52 Å². The zero-order valence-electron chi connectivity index (χ0n) is 10.2. The molecule has 2 aromatic heterocycles. The number of hydrogen-bond donors (Lipinski definition) is 2. The second-order valence-corrected chi connectivity index (χ2v) is 4.93. The molecule has 0 bridgehead atoms. The number of nitrogens with one attached hydrogen (secondary N) is 1. The summed E-state index contributed by atoms with van der Waals surface area (Å²) in [6.45, 7) is 0. The summed E-state index contributed by atoms with van der Waals surface area (Å²) in [5, 5.41) is 3.95. The van der Waals surface area contributed by atoms with Crippen molar-refractivity contribution in [3.05, 3.63) is 18.3 Å². The van der Waals surface area contributed by atoms with Gasteiger partial charge in [0.1, 0.15) is 0 Å². The Bertz CT molecular complexity index is 496. The Morgan fingerprint density at radius 2 is 2.00 bits per heavy atom. The maximum Gasteiger partial charge on any atom is 0.247 e. The van der Waals surface area contributed by atoms with Crippen LogP contribution >= 0.6 is 0 Å². The van der Waals surface area contributed by atoms with Crippen molar-refractivity contribution in [2.45, 2.75) is 44.1 Å². The van der Waals surface area contributed by atoms with Gasteiger partial charge in [-0.25, -0.2) is 4.98 Å². The number of imidazole rings is 1. The van der Waals surface area contributed by atoms with Crippen LogP contribution in [0.3, 0.4) is 0 Å². The summed E-state index contributed by atoms with van der Waals surface area (Å²) in [5.74, 6) is 1.63. The first-order valence-electron chi connectivity index (χ1n) is 6.41. The molecule has 1 saturated carbocycles. The van der Waals surface area contributed by atoms with Crippen LogP contribution in [0.5, 0.6) is 0 Å². The molecule has 2 aromatic rings. The first-order chi connectivity index (χ1) is 8.78. The number of aromatic nitrogens is 4. The molecular formula is C12H17N5O. The lowest BCUT2D eigenvalue weighted by Crippen LogP contribution is -2.36. The average Bonchev–Trinajstić information content (AvgIpc) is 3.00. The third kappa shape index (κ3) is 2.03. The molecule has 0 atom stereocenters. The van der Waals surface area contributed by atoms with Gasteiger partial charge >= 0.3 is 0 Å². The Balaban J connectivity index is 1.88. The van der Waals surface area contributed by atoms with Gasteiger partial charge in [-0.3, -0.25) is 0 Å². The summed E-state index contributed by atoms with van der Waals surface area (Å²) in [7, 11) is 0. The summed E-state index contributed by atoms with van der Waals surface area (Å²) < 4.78 is 5.34. The highest BCUT2D eigenvalue weighted by Gasteiger charge is 2.34. The molecule has 6 nitrogen and oxygen atoms in total. The first kappa shape index (κ1) is 11.4. The van der Waals surface area contributed by atoms with E-state index >= 15 is 0 Å². The van der Waals surface area contributed by atoms with E-state index < -0.39 is 5.54 Å². The molecule has 2 heterocycles. The van der Waals surface area contributed by atoms with E-state index in [0.717, 1.165) is 25.7 Å². The van der Waals surface area contributed by atoms with Gasteiger partial charge < -0.3 is 15.2 Å². The van der Waals surface area contributed by atoms with E-state index in [4.69, 9.17) is 10.3 Å². The van der Waals surface area contributed by atoms with Crippen molar-refractivity contribution in [2.24, 2.45) is 5.73 Å². The van der Waals surface area contributed by atoms with E-state index in [1.165, 1.54) is 12.8 Å². The molecule has 3 rings (SSSR count). The Labute approximate surface area is 105 Å². The third-order valence-corrected chi connectivity index (χ3v) is 3.56. The molecule has 0 aliphatic heterocycles. The van der Waals surface area contributed by atoms with Gasteiger partial charge in [0, 0.05) is 12.4 Å². The van der Waals surface area contributed by atoms with Gasteiger partial charge in [0.25, 0.3) is 0 Å². The van der Waals surface area contributed by atoms with Crippen molar-refractivity contribution in [1.82, 2.24) is 20.1 Å². The highest BCUT2D eigenvalue weighted by atomic mass is 16.5. The quantitative estimate of drug-likeness (QED) is 0.791. The second-order valence-electron chi connectivity index (χ2n) is 4.93. The predicted octanol–water partition coefficient (Wildman–Crippen LogP) is 1.97. The summed E-state index contributed by atoms with van der Waals surface area (Å²) in [6.07, 6.45) is 9.92. The average molecular weight is 247 g/mol. The first-order valence-corrected chi connectivity index (χ1v) is 6.41. The van der Waals surface area contributed by atoms with Crippen LogP contribution < -0.4 is 5.73 Å². The molecule has 1 fully saturated rings. The minimum atomic E-state index is -0.464. The van der Waals surface area contributed by atoms with E-state index in [-0.39, 0.29) is 0 Å². The number of H-pyrrole nitrogens is 1. The van der Waals surface area contributed by atoms with Crippen molar-refractivity contribution in [1.29, 1.82) is 0 Å². The largest absolute Gasteiger partial charge is 0.342 e. The van der Waals surface area contributed by atoms with Gasteiger partial charge in [0.2, 0.25) is 11.7 Å². The van der Waals surface area contributed by atoms with Crippen LogP contribution in [-0.2, 0) is 5.54 Å². The molecule has 0 radical (unpaired) electrons. The standard InChI is InChI=1S/C12H17N5O/c13-12(5-3-1-2-4-6-12)11-16-10(17-18-11)9-14-7-8-15-9/h7-8H,1-6,13H2,(H,14,15). The van der Waals surface area contributed by atoms with Gasteiger partial charge in [-0.05, 0) is 12.8 Å². The molecule has 0 aromatic carbocycles. The summed E-state index contributed by atoms with van der Waals surface area (Å²) in [5.41, 5.74) is 5.96. The smallest absolute Gasteiger partial charge is 0.247 e. The molecule has 6 heteroatoms. The number of aromatic amines is 1. The number of hydrogen-bond acceptors (Lipinski definition) is 5. The Morgan fingerprint density at radius 1 is 1.22 bits per heavy atom. The van der Waals surface area contributed by atoms with Crippen molar-refractivity contribution in [3.63, 3.8) is 0 Å². The van der Waals surface area contributed by atoms with E-state index in [0.29, 0.717) is 17.5 Å². The van der Waals surface area contributed by atoms with E-state index in [2.05, 4.69) is 20.1 Å². The topological polar surface area (TPSA) is 93.6 Å². The predicted molar refractivity (Wildman–Crippen MR) is 65.4 cm³/mol. The van der Waals surface area contributed by atoms with Crippen molar-refractivity contribution in [3.8, 4) is 11.6 Å². The maximum atomic E-state index is 6.42. The van der Waals surface area contributed by atoms with Gasteiger partial charge in [-0.2, -0.15) is 4.98 Å². The normalized spacial score (nSPS) is 19.6. The van der Waals surface area contributed by atoms with Crippen LogP contribution in [0, 0.1) is 0 Å². The van der Waals surface area contributed by atoms with Crippen LogP contribution in [0.15, 0.2) is 16.9 Å². The molecule has 0 amide bonds. The van der Waals surface area contributed by atoms with Gasteiger partial charge in [0.15, 0.2) is 5.82 Å². The van der Waals surface area contributed by atoms with Gasteiger partial charge in [-0.1, -0.05) is 30.8 Å². The minimum Gasteiger partial charge on any atom is -0.342 e. The molecule has 1 aliphatic carbocycles. The molecule has 0 spiro atoms. The lowest BCUT2D eigenvalue weighted by Gasteiger charge is -2.22.